The smallest absolute Gasteiger partial charge is 0.275 e. The molecule has 3 rings (SSSR count). The van der Waals surface area contributed by atoms with E-state index in [9.17, 15) is 4.79 Å². The van der Waals surface area contributed by atoms with E-state index in [1.165, 1.54) is 6.33 Å². The molecule has 2 heterocycles. The Morgan fingerprint density at radius 1 is 1.38 bits per heavy atom. The quantitative estimate of drug-likeness (QED) is 0.644. The number of benzene rings is 1. The molecule has 0 saturated carbocycles. The van der Waals surface area contributed by atoms with E-state index in [0.717, 1.165) is 16.7 Å². The predicted molar refractivity (Wildman–Crippen MR) is 60.8 cm³/mol. The normalized spacial score (nSPS) is 11.1. The lowest BCUT2D eigenvalue weighted by atomic mass is 10.2. The molecule has 0 atom stereocenters. The fourth-order valence-electron chi connectivity index (χ4n) is 1.81. The average molecular weight is 215 g/mol. The third-order valence-electron chi connectivity index (χ3n) is 2.59. The largest absolute Gasteiger partial charge is 0.497 e. The van der Waals surface area contributed by atoms with Crippen LogP contribution in [-0.4, -0.2) is 22.1 Å². The molecular formula is C11H9N3O2. The summed E-state index contributed by atoms with van der Waals surface area (Å²) in [5.74, 6) is 0.746. The highest BCUT2D eigenvalue weighted by Gasteiger charge is 2.08. The van der Waals surface area contributed by atoms with Gasteiger partial charge in [-0.15, -0.1) is 0 Å². The maximum absolute atomic E-state index is 11.5. The van der Waals surface area contributed by atoms with Gasteiger partial charge in [0.25, 0.3) is 5.56 Å². The Balaban J connectivity index is 2.50. The molecule has 0 saturated heterocycles. The van der Waals surface area contributed by atoms with E-state index in [1.54, 1.807) is 7.11 Å². The molecule has 0 aliphatic rings. The van der Waals surface area contributed by atoms with Crippen LogP contribution in [0.15, 0.2) is 29.3 Å². The molecule has 5 nitrogen and oxygen atoms in total. The zero-order valence-electron chi connectivity index (χ0n) is 8.57. The highest BCUT2D eigenvalue weighted by molar-refractivity contribution is 6.04. The molecule has 0 aliphatic carbocycles. The molecule has 0 radical (unpaired) electrons. The summed E-state index contributed by atoms with van der Waals surface area (Å²) in [7, 11) is 1.61. The van der Waals surface area contributed by atoms with Crippen LogP contribution in [0.3, 0.4) is 0 Å². The van der Waals surface area contributed by atoms with E-state index < -0.39 is 0 Å². The molecule has 0 amide bonds. The predicted octanol–water partition coefficient (Wildman–Crippen LogP) is 1.41. The van der Waals surface area contributed by atoms with Gasteiger partial charge in [-0.1, -0.05) is 0 Å². The third-order valence-corrected chi connectivity index (χ3v) is 2.59. The summed E-state index contributed by atoms with van der Waals surface area (Å²) in [4.78, 5) is 21.3. The standard InChI is InChI=1S/C11H9N3O2/c1-16-6-2-3-7-8(4-6)14-10-9(7)12-5-13-11(10)15/h2-5,14H,1H3,(H,12,13,15). The number of aromatic nitrogens is 3. The van der Waals surface area contributed by atoms with Gasteiger partial charge in [0.05, 0.1) is 19.0 Å². The van der Waals surface area contributed by atoms with Crippen LogP contribution in [0.25, 0.3) is 21.9 Å². The maximum Gasteiger partial charge on any atom is 0.275 e. The number of hydrogen-bond acceptors (Lipinski definition) is 3. The Morgan fingerprint density at radius 2 is 2.25 bits per heavy atom. The lowest BCUT2D eigenvalue weighted by Gasteiger charge is -1.97. The van der Waals surface area contributed by atoms with Gasteiger partial charge < -0.3 is 14.7 Å². The number of methoxy groups -OCH3 is 1. The van der Waals surface area contributed by atoms with Crippen molar-refractivity contribution in [2.24, 2.45) is 0 Å². The molecule has 0 unspecified atom stereocenters. The zero-order chi connectivity index (χ0) is 11.1. The van der Waals surface area contributed by atoms with Crippen LogP contribution in [0.5, 0.6) is 5.75 Å². The Bertz CT molecular complexity index is 727. The van der Waals surface area contributed by atoms with Crippen molar-refractivity contribution >= 4 is 21.9 Å². The van der Waals surface area contributed by atoms with Crippen molar-refractivity contribution in [3.05, 3.63) is 34.9 Å². The van der Waals surface area contributed by atoms with Gasteiger partial charge in [0.1, 0.15) is 16.8 Å². The molecule has 1 aromatic carbocycles. The van der Waals surface area contributed by atoms with Crippen molar-refractivity contribution in [2.45, 2.75) is 0 Å². The number of rotatable bonds is 1. The SMILES string of the molecule is COc1ccc2c(c1)[nH]c1c(=O)[nH]cnc12. The number of nitrogens with one attached hydrogen (secondary N) is 2. The van der Waals surface area contributed by atoms with Crippen molar-refractivity contribution < 1.29 is 4.74 Å². The number of H-pyrrole nitrogens is 2. The summed E-state index contributed by atoms with van der Waals surface area (Å²) in [5, 5.41) is 0.918. The molecule has 2 aromatic heterocycles. The molecule has 0 spiro atoms. The molecule has 80 valence electrons. The van der Waals surface area contributed by atoms with Crippen LogP contribution < -0.4 is 10.3 Å². The number of nitrogens with zero attached hydrogens (tertiary/aromatic N) is 1. The first-order valence-electron chi connectivity index (χ1n) is 4.83. The van der Waals surface area contributed by atoms with Crippen molar-refractivity contribution in [1.29, 1.82) is 0 Å². The van der Waals surface area contributed by atoms with Crippen molar-refractivity contribution in [3.8, 4) is 5.75 Å². The van der Waals surface area contributed by atoms with Gasteiger partial charge in [0, 0.05) is 11.5 Å². The highest BCUT2D eigenvalue weighted by atomic mass is 16.5. The van der Waals surface area contributed by atoms with E-state index in [2.05, 4.69) is 15.0 Å². The summed E-state index contributed by atoms with van der Waals surface area (Å²) in [5.41, 5.74) is 1.85. The average Bonchev–Trinajstić information content (AvgIpc) is 2.68. The van der Waals surface area contributed by atoms with Gasteiger partial charge in [-0.05, 0) is 12.1 Å². The first kappa shape index (κ1) is 8.96. The first-order valence-corrected chi connectivity index (χ1v) is 4.83. The minimum atomic E-state index is -0.167. The monoisotopic (exact) mass is 215 g/mol. The Labute approximate surface area is 90.1 Å². The first-order chi connectivity index (χ1) is 7.79. The zero-order valence-corrected chi connectivity index (χ0v) is 8.57. The molecule has 2 N–H and O–H groups in total. The van der Waals surface area contributed by atoms with Crippen LogP contribution in [0.4, 0.5) is 0 Å². The van der Waals surface area contributed by atoms with Crippen LogP contribution in [0, 0.1) is 0 Å². The van der Waals surface area contributed by atoms with E-state index in [0.29, 0.717) is 11.0 Å². The second-order valence-electron chi connectivity index (χ2n) is 3.49. The molecule has 0 fully saturated rings. The van der Waals surface area contributed by atoms with Crippen LogP contribution in [0.1, 0.15) is 0 Å². The van der Waals surface area contributed by atoms with Crippen molar-refractivity contribution in [1.82, 2.24) is 15.0 Å². The lowest BCUT2D eigenvalue weighted by molar-refractivity contribution is 0.415. The molecule has 3 aromatic rings. The lowest BCUT2D eigenvalue weighted by Crippen LogP contribution is -2.05. The number of ether oxygens (including phenoxy) is 1. The fraction of sp³-hybridized carbons (Fsp3) is 0.0909. The van der Waals surface area contributed by atoms with Crippen LogP contribution in [0.2, 0.25) is 0 Å². The van der Waals surface area contributed by atoms with Gasteiger partial charge in [-0.3, -0.25) is 4.79 Å². The maximum atomic E-state index is 11.5. The molecule has 0 bridgehead atoms. The second kappa shape index (κ2) is 3.10. The van der Waals surface area contributed by atoms with E-state index >= 15 is 0 Å². The number of aromatic amines is 2. The minimum absolute atomic E-state index is 0.167. The van der Waals surface area contributed by atoms with Gasteiger partial charge in [-0.25, -0.2) is 4.98 Å². The summed E-state index contributed by atoms with van der Waals surface area (Å²) in [6, 6.07) is 5.58. The number of fused-ring (bicyclic) bond motifs is 3. The Kier molecular flexibility index (Phi) is 1.73. The molecule has 0 aliphatic heterocycles. The minimum Gasteiger partial charge on any atom is -0.497 e. The summed E-state index contributed by atoms with van der Waals surface area (Å²) >= 11 is 0. The van der Waals surface area contributed by atoms with Gasteiger partial charge in [0.15, 0.2) is 0 Å². The van der Waals surface area contributed by atoms with Gasteiger partial charge in [-0.2, -0.15) is 0 Å². The van der Waals surface area contributed by atoms with Crippen molar-refractivity contribution in [3.63, 3.8) is 0 Å². The number of hydrogen-bond donors (Lipinski definition) is 2. The van der Waals surface area contributed by atoms with E-state index in [4.69, 9.17) is 4.74 Å². The molecule has 16 heavy (non-hydrogen) atoms. The molecule has 5 heteroatoms. The second-order valence-corrected chi connectivity index (χ2v) is 3.49. The highest BCUT2D eigenvalue weighted by Crippen LogP contribution is 2.24. The van der Waals surface area contributed by atoms with Gasteiger partial charge >= 0.3 is 0 Å². The topological polar surface area (TPSA) is 70.8 Å². The van der Waals surface area contributed by atoms with Crippen LogP contribution in [-0.2, 0) is 0 Å². The third kappa shape index (κ3) is 1.11. The van der Waals surface area contributed by atoms with Crippen LogP contribution >= 0.6 is 0 Å². The van der Waals surface area contributed by atoms with E-state index in [1.807, 2.05) is 18.2 Å². The van der Waals surface area contributed by atoms with Crippen molar-refractivity contribution in [2.75, 3.05) is 7.11 Å². The Hall–Kier alpha value is -2.30. The summed E-state index contributed by atoms with van der Waals surface area (Å²) in [6.07, 6.45) is 1.40. The summed E-state index contributed by atoms with van der Waals surface area (Å²) < 4.78 is 5.12. The van der Waals surface area contributed by atoms with Gasteiger partial charge in [0.2, 0.25) is 0 Å². The summed E-state index contributed by atoms with van der Waals surface area (Å²) in [6.45, 7) is 0. The fourth-order valence-corrected chi connectivity index (χ4v) is 1.81. The van der Waals surface area contributed by atoms with E-state index in [-0.39, 0.29) is 5.56 Å². The molecular weight excluding hydrogens is 206 g/mol. The Morgan fingerprint density at radius 3 is 3.06 bits per heavy atom.